The molecule has 1 aromatic rings. The maximum Gasteiger partial charge on any atom is 0.0221 e. The molecule has 0 aliphatic carbocycles. The molecule has 0 heterocycles. The predicted molar refractivity (Wildman–Crippen MR) is 68.2 cm³/mol. The Labute approximate surface area is 93.2 Å². The minimum absolute atomic E-state index is 0.422. The number of hydrogen-bond acceptors (Lipinski definition) is 1. The molecule has 0 radical (unpaired) electrons. The summed E-state index contributed by atoms with van der Waals surface area (Å²) < 4.78 is 0. The molecule has 15 heavy (non-hydrogen) atoms. The highest BCUT2D eigenvalue weighted by Gasteiger charge is 1.99. The van der Waals surface area contributed by atoms with E-state index in [4.69, 9.17) is 0 Å². The number of rotatable bonds is 3. The highest BCUT2D eigenvalue weighted by atomic mass is 14.8. The third-order valence-electron chi connectivity index (χ3n) is 2.90. The van der Waals surface area contributed by atoms with Crippen molar-refractivity contribution in [3.8, 4) is 0 Å². The van der Waals surface area contributed by atoms with Crippen molar-refractivity contribution in [2.45, 2.75) is 33.7 Å². The lowest BCUT2D eigenvalue weighted by Crippen LogP contribution is -2.17. The average molecular weight is 203 g/mol. The third kappa shape index (κ3) is 3.21. The van der Waals surface area contributed by atoms with E-state index in [1.807, 2.05) is 7.05 Å². The summed E-state index contributed by atoms with van der Waals surface area (Å²) in [6.45, 7) is 8.63. The van der Waals surface area contributed by atoms with Gasteiger partial charge in [0.2, 0.25) is 0 Å². The number of hydrogen-bond donors (Lipinski definition) is 1. The van der Waals surface area contributed by atoms with Crippen LogP contribution in [0, 0.1) is 20.8 Å². The minimum Gasteiger partial charge on any atom is -0.314 e. The van der Waals surface area contributed by atoms with Gasteiger partial charge >= 0.3 is 0 Å². The van der Waals surface area contributed by atoms with Gasteiger partial charge in [0.25, 0.3) is 0 Å². The molecule has 1 rings (SSSR count). The number of likely N-dealkylation sites (N-methyl/N-ethyl adjacent to an activating group) is 1. The molecule has 0 amide bonds. The predicted octanol–water partition coefficient (Wildman–Crippen LogP) is 3.23. The standard InChI is InChI=1S/C14H21N/c1-10-8-12(3)14(9-11(10)2)7-6-13(4)15-5/h6-9,13,15H,1-5H3/b7-6+. The van der Waals surface area contributed by atoms with E-state index in [1.165, 1.54) is 22.3 Å². The van der Waals surface area contributed by atoms with Crippen molar-refractivity contribution < 1.29 is 0 Å². The molecule has 1 nitrogen and oxygen atoms in total. The van der Waals surface area contributed by atoms with E-state index in [1.54, 1.807) is 0 Å². The molecule has 0 spiro atoms. The Kier molecular flexibility index (Phi) is 4.10. The summed E-state index contributed by atoms with van der Waals surface area (Å²) in [5.41, 5.74) is 5.39. The zero-order valence-corrected chi connectivity index (χ0v) is 10.4. The van der Waals surface area contributed by atoms with Gasteiger partial charge in [-0.15, -0.1) is 0 Å². The zero-order chi connectivity index (χ0) is 11.4. The average Bonchev–Trinajstić information content (AvgIpc) is 2.21. The molecular formula is C14H21N. The van der Waals surface area contributed by atoms with E-state index in [2.05, 4.69) is 57.3 Å². The van der Waals surface area contributed by atoms with E-state index in [0.717, 1.165) is 0 Å². The second-order valence-corrected chi connectivity index (χ2v) is 4.23. The Balaban J connectivity index is 2.95. The van der Waals surface area contributed by atoms with Crippen LogP contribution in [0.3, 0.4) is 0 Å². The van der Waals surface area contributed by atoms with Crippen molar-refractivity contribution in [1.29, 1.82) is 0 Å². The highest BCUT2D eigenvalue weighted by Crippen LogP contribution is 2.16. The molecule has 0 bridgehead atoms. The van der Waals surface area contributed by atoms with Crippen molar-refractivity contribution in [2.75, 3.05) is 7.05 Å². The van der Waals surface area contributed by atoms with Gasteiger partial charge in [0.1, 0.15) is 0 Å². The van der Waals surface area contributed by atoms with Crippen LogP contribution in [0.15, 0.2) is 18.2 Å². The fourth-order valence-corrected chi connectivity index (χ4v) is 1.51. The van der Waals surface area contributed by atoms with Gasteiger partial charge in [-0.3, -0.25) is 0 Å². The normalized spacial score (nSPS) is 13.4. The van der Waals surface area contributed by atoms with E-state index in [0.29, 0.717) is 6.04 Å². The summed E-state index contributed by atoms with van der Waals surface area (Å²) in [4.78, 5) is 0. The first-order valence-electron chi connectivity index (χ1n) is 5.48. The van der Waals surface area contributed by atoms with Gasteiger partial charge in [-0.05, 0) is 57.0 Å². The molecule has 1 heteroatoms. The van der Waals surface area contributed by atoms with E-state index in [-0.39, 0.29) is 0 Å². The molecule has 1 unspecified atom stereocenters. The second-order valence-electron chi connectivity index (χ2n) is 4.23. The van der Waals surface area contributed by atoms with Crippen molar-refractivity contribution in [2.24, 2.45) is 0 Å². The monoisotopic (exact) mass is 203 g/mol. The van der Waals surface area contributed by atoms with Gasteiger partial charge in [0, 0.05) is 6.04 Å². The molecule has 0 saturated carbocycles. The summed E-state index contributed by atoms with van der Waals surface area (Å²) in [6.07, 6.45) is 4.39. The second kappa shape index (κ2) is 5.13. The first-order chi connectivity index (χ1) is 7.04. The molecule has 1 N–H and O–H groups in total. The maximum absolute atomic E-state index is 3.19. The van der Waals surface area contributed by atoms with Gasteiger partial charge in [-0.2, -0.15) is 0 Å². The molecule has 82 valence electrons. The van der Waals surface area contributed by atoms with E-state index in [9.17, 15) is 0 Å². The summed E-state index contributed by atoms with van der Waals surface area (Å²) in [6, 6.07) is 4.92. The van der Waals surface area contributed by atoms with Crippen molar-refractivity contribution in [1.82, 2.24) is 5.32 Å². The molecule has 1 aromatic carbocycles. The van der Waals surface area contributed by atoms with Crippen LogP contribution in [0.25, 0.3) is 6.08 Å². The summed E-state index contributed by atoms with van der Waals surface area (Å²) in [7, 11) is 1.97. The Morgan fingerprint density at radius 1 is 1.07 bits per heavy atom. The summed E-state index contributed by atoms with van der Waals surface area (Å²) in [5, 5.41) is 3.19. The lowest BCUT2D eigenvalue weighted by atomic mass is 10.0. The largest absolute Gasteiger partial charge is 0.314 e. The molecule has 0 saturated heterocycles. The quantitative estimate of drug-likeness (QED) is 0.795. The van der Waals surface area contributed by atoms with Gasteiger partial charge < -0.3 is 5.32 Å². The Hall–Kier alpha value is -1.08. The van der Waals surface area contributed by atoms with Gasteiger partial charge in [0.05, 0.1) is 0 Å². The first kappa shape index (κ1) is 12.0. The summed E-state index contributed by atoms with van der Waals surface area (Å²) >= 11 is 0. The van der Waals surface area contributed by atoms with Gasteiger partial charge in [-0.1, -0.05) is 24.3 Å². The van der Waals surface area contributed by atoms with Crippen LogP contribution in [0.2, 0.25) is 0 Å². The van der Waals surface area contributed by atoms with Crippen LogP contribution in [0.4, 0.5) is 0 Å². The lowest BCUT2D eigenvalue weighted by Gasteiger charge is -2.07. The van der Waals surface area contributed by atoms with Gasteiger partial charge in [-0.25, -0.2) is 0 Å². The van der Waals surface area contributed by atoms with Crippen molar-refractivity contribution in [3.05, 3.63) is 40.5 Å². The molecule has 1 atom stereocenters. The fourth-order valence-electron chi connectivity index (χ4n) is 1.51. The van der Waals surface area contributed by atoms with Gasteiger partial charge in [0.15, 0.2) is 0 Å². The number of aryl methyl sites for hydroxylation is 3. The Morgan fingerprint density at radius 3 is 2.27 bits per heavy atom. The summed E-state index contributed by atoms with van der Waals surface area (Å²) in [5.74, 6) is 0. The molecule has 0 fully saturated rings. The SMILES string of the molecule is CNC(C)/C=C/c1cc(C)c(C)cc1C. The topological polar surface area (TPSA) is 12.0 Å². The number of benzene rings is 1. The molecule has 0 aromatic heterocycles. The van der Waals surface area contributed by atoms with Crippen LogP contribution in [-0.2, 0) is 0 Å². The number of nitrogens with one attached hydrogen (secondary N) is 1. The lowest BCUT2D eigenvalue weighted by molar-refractivity contribution is 0.731. The van der Waals surface area contributed by atoms with Crippen LogP contribution in [0.5, 0.6) is 0 Å². The van der Waals surface area contributed by atoms with Crippen molar-refractivity contribution in [3.63, 3.8) is 0 Å². The van der Waals surface area contributed by atoms with Crippen LogP contribution < -0.4 is 5.32 Å². The maximum atomic E-state index is 3.19. The van der Waals surface area contributed by atoms with Crippen molar-refractivity contribution >= 4 is 6.08 Å². The highest BCUT2D eigenvalue weighted by molar-refractivity contribution is 5.56. The molecule has 0 aliphatic heterocycles. The minimum atomic E-state index is 0.422. The third-order valence-corrected chi connectivity index (χ3v) is 2.90. The smallest absolute Gasteiger partial charge is 0.0221 e. The Morgan fingerprint density at radius 2 is 1.67 bits per heavy atom. The van der Waals surface area contributed by atoms with Crippen LogP contribution in [0.1, 0.15) is 29.2 Å². The molecule has 0 aliphatic rings. The first-order valence-corrected chi connectivity index (χ1v) is 5.48. The van der Waals surface area contributed by atoms with E-state index < -0.39 is 0 Å². The Bertz CT molecular complexity index is 364. The van der Waals surface area contributed by atoms with Crippen LogP contribution in [-0.4, -0.2) is 13.1 Å². The van der Waals surface area contributed by atoms with Crippen LogP contribution >= 0.6 is 0 Å². The zero-order valence-electron chi connectivity index (χ0n) is 10.4. The van der Waals surface area contributed by atoms with E-state index >= 15 is 0 Å². The molecular weight excluding hydrogens is 182 g/mol. The fraction of sp³-hybridized carbons (Fsp3) is 0.429.